The van der Waals surface area contributed by atoms with Crippen LogP contribution in [-0.2, 0) is 22.6 Å². The third-order valence-corrected chi connectivity index (χ3v) is 4.89. The molecule has 0 aliphatic carbocycles. The summed E-state index contributed by atoms with van der Waals surface area (Å²) in [5, 5.41) is 1.55. The number of hydrogen-bond donors (Lipinski definition) is 0. The Morgan fingerprint density at radius 3 is 2.65 bits per heavy atom. The van der Waals surface area contributed by atoms with Crippen LogP contribution < -0.4 is 0 Å². The molecule has 2 rings (SSSR count). The van der Waals surface area contributed by atoms with Gasteiger partial charge in [-0.15, -0.1) is 0 Å². The van der Waals surface area contributed by atoms with Crippen molar-refractivity contribution in [3.63, 3.8) is 0 Å². The maximum absolute atomic E-state index is 11.6. The first-order valence-electron chi connectivity index (χ1n) is 5.38. The third kappa shape index (κ3) is 2.33. The monoisotopic (exact) mass is 271 g/mol. The quantitative estimate of drug-likeness (QED) is 0.861. The van der Waals surface area contributed by atoms with E-state index in [0.717, 1.165) is 16.6 Å². The molecule has 0 saturated heterocycles. The van der Waals surface area contributed by atoms with Crippen LogP contribution in [0.5, 0.6) is 0 Å². The van der Waals surface area contributed by atoms with Crippen molar-refractivity contribution in [1.29, 1.82) is 0 Å². The zero-order chi connectivity index (χ0) is 12.6. The summed E-state index contributed by atoms with van der Waals surface area (Å²) >= 11 is 6.08. The van der Waals surface area contributed by atoms with Crippen molar-refractivity contribution in [3.05, 3.63) is 35.0 Å². The lowest BCUT2D eigenvalue weighted by molar-refractivity contribution is 0.595. The lowest BCUT2D eigenvalue weighted by Crippen LogP contribution is -2.09. The number of sulfone groups is 1. The number of halogens is 1. The third-order valence-electron chi connectivity index (χ3n) is 2.94. The smallest absolute Gasteiger partial charge is 0.155 e. The van der Waals surface area contributed by atoms with Gasteiger partial charge >= 0.3 is 0 Å². The van der Waals surface area contributed by atoms with Gasteiger partial charge in [-0.05, 0) is 18.2 Å². The number of fused-ring (bicyclic) bond motifs is 1. The van der Waals surface area contributed by atoms with Crippen molar-refractivity contribution in [2.24, 2.45) is 7.05 Å². The van der Waals surface area contributed by atoms with Gasteiger partial charge < -0.3 is 4.57 Å². The van der Waals surface area contributed by atoms with Crippen molar-refractivity contribution in [3.8, 4) is 0 Å². The van der Waals surface area contributed by atoms with Gasteiger partial charge in [0, 0.05) is 34.4 Å². The minimum Gasteiger partial charge on any atom is -0.347 e. The zero-order valence-electron chi connectivity index (χ0n) is 9.77. The van der Waals surface area contributed by atoms with E-state index in [-0.39, 0.29) is 11.5 Å². The lowest BCUT2D eigenvalue weighted by Gasteiger charge is -2.04. The highest BCUT2D eigenvalue weighted by molar-refractivity contribution is 7.90. The second-order valence-electron chi connectivity index (χ2n) is 4.04. The minimum atomic E-state index is -3.02. The number of rotatable bonds is 3. The number of hydrogen-bond acceptors (Lipinski definition) is 2. The summed E-state index contributed by atoms with van der Waals surface area (Å²) in [5.41, 5.74) is 1.73. The van der Waals surface area contributed by atoms with Crippen molar-refractivity contribution < 1.29 is 8.42 Å². The summed E-state index contributed by atoms with van der Waals surface area (Å²) < 4.78 is 25.2. The summed E-state index contributed by atoms with van der Waals surface area (Å²) in [7, 11) is -1.16. The first-order valence-corrected chi connectivity index (χ1v) is 7.58. The van der Waals surface area contributed by atoms with Crippen molar-refractivity contribution in [2.75, 3.05) is 5.75 Å². The molecule has 0 N–H and O–H groups in total. The van der Waals surface area contributed by atoms with Crippen LogP contribution in [0.1, 0.15) is 12.6 Å². The van der Waals surface area contributed by atoms with E-state index in [2.05, 4.69) is 0 Å². The van der Waals surface area contributed by atoms with E-state index in [4.69, 9.17) is 11.6 Å². The molecule has 0 aliphatic rings. The standard InChI is InChI=1S/C12H14ClNO2S/c1-3-17(15,16)8-9-7-10-11(13)5-4-6-12(10)14(9)2/h4-7H,3,8H2,1-2H3. The molecule has 92 valence electrons. The molecule has 17 heavy (non-hydrogen) atoms. The molecule has 2 aromatic rings. The van der Waals surface area contributed by atoms with Gasteiger partial charge in [0.15, 0.2) is 9.84 Å². The second-order valence-corrected chi connectivity index (χ2v) is 6.80. The molecule has 0 unspecified atom stereocenters. The summed E-state index contributed by atoms with van der Waals surface area (Å²) in [6, 6.07) is 7.46. The number of nitrogens with zero attached hydrogens (tertiary/aromatic N) is 1. The van der Waals surface area contributed by atoms with Crippen LogP contribution in [0.2, 0.25) is 5.02 Å². The van der Waals surface area contributed by atoms with E-state index in [1.54, 1.807) is 6.92 Å². The highest BCUT2D eigenvalue weighted by Gasteiger charge is 2.14. The predicted octanol–water partition coefficient (Wildman–Crippen LogP) is 2.77. The molecule has 0 saturated carbocycles. The molecule has 0 atom stereocenters. The SMILES string of the molecule is CCS(=O)(=O)Cc1cc2c(Cl)cccc2n1C. The molecule has 1 heterocycles. The lowest BCUT2D eigenvalue weighted by atomic mass is 10.2. The largest absolute Gasteiger partial charge is 0.347 e. The van der Waals surface area contributed by atoms with Crippen molar-refractivity contribution in [1.82, 2.24) is 4.57 Å². The number of aromatic nitrogens is 1. The maximum atomic E-state index is 11.6. The first kappa shape index (κ1) is 12.5. The van der Waals surface area contributed by atoms with E-state index in [1.807, 2.05) is 35.9 Å². The van der Waals surface area contributed by atoms with E-state index in [0.29, 0.717) is 5.02 Å². The Kier molecular flexibility index (Phi) is 3.19. The van der Waals surface area contributed by atoms with Crippen molar-refractivity contribution >= 4 is 32.3 Å². The molecule has 0 spiro atoms. The van der Waals surface area contributed by atoms with E-state index in [9.17, 15) is 8.42 Å². The molecule has 0 aliphatic heterocycles. The highest BCUT2D eigenvalue weighted by atomic mass is 35.5. The summed E-state index contributed by atoms with van der Waals surface area (Å²) in [5.74, 6) is 0.216. The summed E-state index contributed by atoms with van der Waals surface area (Å²) in [6.07, 6.45) is 0. The average molecular weight is 272 g/mol. The number of aryl methyl sites for hydroxylation is 1. The molecular weight excluding hydrogens is 258 g/mol. The van der Waals surface area contributed by atoms with Crippen LogP contribution in [0, 0.1) is 0 Å². The van der Waals surface area contributed by atoms with Crippen LogP contribution >= 0.6 is 11.6 Å². The van der Waals surface area contributed by atoms with Gasteiger partial charge in [-0.2, -0.15) is 0 Å². The van der Waals surface area contributed by atoms with Gasteiger partial charge in [-0.25, -0.2) is 8.42 Å². The summed E-state index contributed by atoms with van der Waals surface area (Å²) in [6.45, 7) is 1.66. The molecule has 1 aromatic carbocycles. The van der Waals surface area contributed by atoms with Crippen LogP contribution in [-0.4, -0.2) is 18.7 Å². The van der Waals surface area contributed by atoms with Gasteiger partial charge in [0.2, 0.25) is 0 Å². The van der Waals surface area contributed by atoms with Crippen LogP contribution in [0.15, 0.2) is 24.3 Å². The minimum absolute atomic E-state index is 0.0605. The molecule has 0 bridgehead atoms. The molecular formula is C12H14ClNO2S. The van der Waals surface area contributed by atoms with E-state index >= 15 is 0 Å². The first-order chi connectivity index (χ1) is 7.94. The predicted molar refractivity (Wildman–Crippen MR) is 71.1 cm³/mol. The Morgan fingerprint density at radius 2 is 2.06 bits per heavy atom. The van der Waals surface area contributed by atoms with Crippen LogP contribution in [0.25, 0.3) is 10.9 Å². The van der Waals surface area contributed by atoms with Gasteiger partial charge in [0.1, 0.15) is 0 Å². The fraction of sp³-hybridized carbons (Fsp3) is 0.333. The zero-order valence-corrected chi connectivity index (χ0v) is 11.3. The normalized spacial score (nSPS) is 12.2. The van der Waals surface area contributed by atoms with Crippen LogP contribution in [0.3, 0.4) is 0 Å². The fourth-order valence-corrected chi connectivity index (χ4v) is 3.00. The summed E-state index contributed by atoms with van der Waals surface area (Å²) in [4.78, 5) is 0. The molecule has 0 amide bonds. The molecule has 0 fully saturated rings. The Hall–Kier alpha value is -1.00. The Balaban J connectivity index is 2.57. The van der Waals surface area contributed by atoms with E-state index < -0.39 is 9.84 Å². The van der Waals surface area contributed by atoms with Gasteiger partial charge in [0.25, 0.3) is 0 Å². The van der Waals surface area contributed by atoms with Gasteiger partial charge in [-0.3, -0.25) is 0 Å². The molecule has 0 radical (unpaired) electrons. The van der Waals surface area contributed by atoms with E-state index in [1.165, 1.54) is 0 Å². The topological polar surface area (TPSA) is 39.1 Å². The van der Waals surface area contributed by atoms with Crippen LogP contribution in [0.4, 0.5) is 0 Å². The molecule has 1 aromatic heterocycles. The number of benzene rings is 1. The van der Waals surface area contributed by atoms with Crippen molar-refractivity contribution in [2.45, 2.75) is 12.7 Å². The molecule has 3 nitrogen and oxygen atoms in total. The Bertz CT molecular complexity index is 658. The fourth-order valence-electron chi connectivity index (χ4n) is 1.85. The molecule has 5 heteroatoms. The van der Waals surface area contributed by atoms with Gasteiger partial charge in [-0.1, -0.05) is 24.6 Å². The Labute approximate surface area is 106 Å². The Morgan fingerprint density at radius 1 is 1.35 bits per heavy atom. The highest BCUT2D eigenvalue weighted by Crippen LogP contribution is 2.26. The maximum Gasteiger partial charge on any atom is 0.155 e. The average Bonchev–Trinajstić information content (AvgIpc) is 2.58. The van der Waals surface area contributed by atoms with Gasteiger partial charge in [0.05, 0.1) is 5.75 Å². The second kappa shape index (κ2) is 4.35.